The average molecular weight is 255 g/mol. The molecule has 1 rings (SSSR count). The first-order valence-corrected chi connectivity index (χ1v) is 7.52. The minimum absolute atomic E-state index is 0.0464. The molecule has 0 amide bonds. The van der Waals surface area contributed by atoms with Gasteiger partial charge in [0, 0.05) is 6.54 Å². The second kappa shape index (κ2) is 7.78. The Bertz CT molecular complexity index is 245. The van der Waals surface area contributed by atoms with Crippen LogP contribution in [0.3, 0.4) is 0 Å². The molecule has 0 heterocycles. The predicted octanol–water partition coefficient (Wildman–Crippen LogP) is 3.27. The summed E-state index contributed by atoms with van der Waals surface area (Å²) in [6.07, 6.45) is 8.73. The Morgan fingerprint density at radius 3 is 2.39 bits per heavy atom. The third kappa shape index (κ3) is 4.27. The first kappa shape index (κ1) is 15.5. The number of esters is 1. The second-order valence-corrected chi connectivity index (χ2v) is 5.89. The SMILES string of the molecule is CCCC(C)COC(=O)C1(CN)CCCCCC1. The minimum Gasteiger partial charge on any atom is -0.465 e. The summed E-state index contributed by atoms with van der Waals surface area (Å²) in [6, 6.07) is 0. The van der Waals surface area contributed by atoms with Crippen molar-refractivity contribution in [2.24, 2.45) is 17.1 Å². The Kier molecular flexibility index (Phi) is 6.69. The summed E-state index contributed by atoms with van der Waals surface area (Å²) >= 11 is 0. The Hall–Kier alpha value is -0.570. The van der Waals surface area contributed by atoms with Gasteiger partial charge in [-0.05, 0) is 25.2 Å². The number of carbonyl (C=O) groups is 1. The summed E-state index contributed by atoms with van der Waals surface area (Å²) in [7, 11) is 0. The maximum Gasteiger partial charge on any atom is 0.313 e. The van der Waals surface area contributed by atoms with Crippen molar-refractivity contribution < 1.29 is 9.53 Å². The Morgan fingerprint density at radius 2 is 1.89 bits per heavy atom. The first-order chi connectivity index (χ1) is 8.64. The van der Waals surface area contributed by atoms with E-state index in [0.717, 1.165) is 38.5 Å². The molecule has 2 N–H and O–H groups in total. The number of nitrogens with two attached hydrogens (primary N) is 1. The zero-order valence-electron chi connectivity index (χ0n) is 12.0. The lowest BCUT2D eigenvalue weighted by Crippen LogP contribution is -2.40. The molecule has 1 aliphatic carbocycles. The van der Waals surface area contributed by atoms with E-state index in [9.17, 15) is 4.79 Å². The molecule has 0 aromatic heterocycles. The Balaban J connectivity index is 2.50. The average Bonchev–Trinajstić information content (AvgIpc) is 2.62. The van der Waals surface area contributed by atoms with Gasteiger partial charge >= 0.3 is 5.97 Å². The van der Waals surface area contributed by atoms with Gasteiger partial charge in [0.1, 0.15) is 0 Å². The van der Waals surface area contributed by atoms with Crippen molar-refractivity contribution in [3.8, 4) is 0 Å². The van der Waals surface area contributed by atoms with Gasteiger partial charge in [0.15, 0.2) is 0 Å². The summed E-state index contributed by atoms with van der Waals surface area (Å²) < 4.78 is 5.53. The summed E-state index contributed by atoms with van der Waals surface area (Å²) in [4.78, 5) is 12.3. The van der Waals surface area contributed by atoms with E-state index >= 15 is 0 Å². The van der Waals surface area contributed by atoms with Crippen molar-refractivity contribution in [1.29, 1.82) is 0 Å². The highest BCUT2D eigenvalue weighted by Crippen LogP contribution is 2.35. The predicted molar refractivity (Wildman–Crippen MR) is 74.2 cm³/mol. The normalized spacial score (nSPS) is 21.1. The van der Waals surface area contributed by atoms with E-state index in [1.165, 1.54) is 12.8 Å². The van der Waals surface area contributed by atoms with Gasteiger partial charge < -0.3 is 10.5 Å². The lowest BCUT2D eigenvalue weighted by Gasteiger charge is -2.29. The number of ether oxygens (including phenoxy) is 1. The molecule has 0 saturated heterocycles. The number of hydrogen-bond donors (Lipinski definition) is 1. The molecule has 0 aliphatic heterocycles. The fourth-order valence-corrected chi connectivity index (χ4v) is 2.84. The lowest BCUT2D eigenvalue weighted by molar-refractivity contribution is -0.157. The minimum atomic E-state index is -0.386. The van der Waals surface area contributed by atoms with E-state index in [0.29, 0.717) is 19.1 Å². The Labute approximate surface area is 111 Å². The van der Waals surface area contributed by atoms with E-state index in [1.54, 1.807) is 0 Å². The van der Waals surface area contributed by atoms with Crippen molar-refractivity contribution in [2.75, 3.05) is 13.2 Å². The molecule has 106 valence electrons. The first-order valence-electron chi connectivity index (χ1n) is 7.52. The van der Waals surface area contributed by atoms with Gasteiger partial charge in [-0.1, -0.05) is 46.0 Å². The highest BCUT2D eigenvalue weighted by Gasteiger charge is 2.38. The molecular weight excluding hydrogens is 226 g/mol. The van der Waals surface area contributed by atoms with Crippen molar-refractivity contribution in [3.63, 3.8) is 0 Å². The van der Waals surface area contributed by atoms with Crippen LogP contribution in [-0.4, -0.2) is 19.1 Å². The molecule has 1 aliphatic rings. The third-order valence-electron chi connectivity index (χ3n) is 4.16. The van der Waals surface area contributed by atoms with Crippen molar-refractivity contribution >= 4 is 5.97 Å². The van der Waals surface area contributed by atoms with Crippen LogP contribution in [0.15, 0.2) is 0 Å². The quantitative estimate of drug-likeness (QED) is 0.585. The van der Waals surface area contributed by atoms with Crippen LogP contribution in [0.1, 0.15) is 65.2 Å². The van der Waals surface area contributed by atoms with E-state index in [2.05, 4.69) is 13.8 Å². The molecule has 3 nitrogen and oxygen atoms in total. The molecule has 0 spiro atoms. The third-order valence-corrected chi connectivity index (χ3v) is 4.16. The lowest BCUT2D eigenvalue weighted by atomic mass is 9.80. The van der Waals surface area contributed by atoms with Gasteiger partial charge in [0.2, 0.25) is 0 Å². The van der Waals surface area contributed by atoms with Crippen molar-refractivity contribution in [2.45, 2.75) is 65.2 Å². The largest absolute Gasteiger partial charge is 0.465 e. The fourth-order valence-electron chi connectivity index (χ4n) is 2.84. The molecule has 1 saturated carbocycles. The van der Waals surface area contributed by atoms with Crippen molar-refractivity contribution in [1.82, 2.24) is 0 Å². The molecule has 0 bridgehead atoms. The zero-order chi connectivity index (χ0) is 13.4. The zero-order valence-corrected chi connectivity index (χ0v) is 12.0. The molecule has 1 unspecified atom stereocenters. The topological polar surface area (TPSA) is 52.3 Å². The highest BCUT2D eigenvalue weighted by molar-refractivity contribution is 5.77. The molecular formula is C15H29NO2. The smallest absolute Gasteiger partial charge is 0.313 e. The maximum atomic E-state index is 12.3. The fraction of sp³-hybridized carbons (Fsp3) is 0.933. The molecule has 18 heavy (non-hydrogen) atoms. The molecule has 0 aromatic rings. The Morgan fingerprint density at radius 1 is 1.28 bits per heavy atom. The summed E-state index contributed by atoms with van der Waals surface area (Å²) in [6.45, 7) is 5.28. The highest BCUT2D eigenvalue weighted by atomic mass is 16.5. The van der Waals surface area contributed by atoms with Crippen LogP contribution in [-0.2, 0) is 9.53 Å². The van der Waals surface area contributed by atoms with Gasteiger partial charge in [-0.3, -0.25) is 4.79 Å². The molecule has 1 atom stereocenters. The van der Waals surface area contributed by atoms with Crippen LogP contribution in [0.4, 0.5) is 0 Å². The van der Waals surface area contributed by atoms with Gasteiger partial charge in [-0.2, -0.15) is 0 Å². The van der Waals surface area contributed by atoms with Crippen LogP contribution in [0.5, 0.6) is 0 Å². The molecule has 1 fully saturated rings. The number of hydrogen-bond acceptors (Lipinski definition) is 3. The van der Waals surface area contributed by atoms with E-state index in [4.69, 9.17) is 10.5 Å². The standard InChI is InChI=1S/C15H29NO2/c1-3-8-13(2)11-18-14(17)15(12-16)9-6-4-5-7-10-15/h13H,3-12,16H2,1-2H3. The van der Waals surface area contributed by atoms with E-state index < -0.39 is 0 Å². The number of rotatable bonds is 6. The molecule has 0 aromatic carbocycles. The second-order valence-electron chi connectivity index (χ2n) is 5.89. The van der Waals surface area contributed by atoms with Gasteiger partial charge in [0.25, 0.3) is 0 Å². The molecule has 0 radical (unpaired) electrons. The van der Waals surface area contributed by atoms with Crippen LogP contribution < -0.4 is 5.73 Å². The monoisotopic (exact) mass is 255 g/mol. The summed E-state index contributed by atoms with van der Waals surface area (Å²) in [5, 5.41) is 0. The number of carbonyl (C=O) groups excluding carboxylic acids is 1. The van der Waals surface area contributed by atoms with Crippen LogP contribution in [0, 0.1) is 11.3 Å². The maximum absolute atomic E-state index is 12.3. The summed E-state index contributed by atoms with van der Waals surface area (Å²) in [5.41, 5.74) is 5.49. The van der Waals surface area contributed by atoms with Crippen molar-refractivity contribution in [3.05, 3.63) is 0 Å². The van der Waals surface area contributed by atoms with E-state index in [-0.39, 0.29) is 11.4 Å². The van der Waals surface area contributed by atoms with Gasteiger partial charge in [-0.15, -0.1) is 0 Å². The summed E-state index contributed by atoms with van der Waals surface area (Å²) in [5.74, 6) is 0.411. The van der Waals surface area contributed by atoms with Crippen LogP contribution in [0.2, 0.25) is 0 Å². The molecule has 3 heteroatoms. The van der Waals surface area contributed by atoms with Crippen LogP contribution in [0.25, 0.3) is 0 Å². The van der Waals surface area contributed by atoms with Gasteiger partial charge in [-0.25, -0.2) is 0 Å². The van der Waals surface area contributed by atoms with E-state index in [1.807, 2.05) is 0 Å². The van der Waals surface area contributed by atoms with Gasteiger partial charge in [0.05, 0.1) is 12.0 Å². The van der Waals surface area contributed by atoms with Crippen LogP contribution >= 0.6 is 0 Å².